The van der Waals surface area contributed by atoms with Crippen LogP contribution in [0.5, 0.6) is 0 Å². The molecular formula is C19H27F3N2O2. The first kappa shape index (κ1) is 20.7. The van der Waals surface area contributed by atoms with E-state index in [2.05, 4.69) is 5.10 Å². The van der Waals surface area contributed by atoms with E-state index in [0.717, 1.165) is 25.7 Å². The van der Waals surface area contributed by atoms with Gasteiger partial charge in [0, 0.05) is 13.7 Å². The van der Waals surface area contributed by atoms with Gasteiger partial charge in [0.1, 0.15) is 0 Å². The Morgan fingerprint density at radius 2 is 1.85 bits per heavy atom. The van der Waals surface area contributed by atoms with Crippen molar-refractivity contribution in [1.29, 1.82) is 0 Å². The summed E-state index contributed by atoms with van der Waals surface area (Å²) in [7, 11) is 1.63. The number of alkyl halides is 3. The molecule has 0 unspecified atom stereocenters. The number of aliphatic hydroxyl groups is 1. The first-order valence-corrected chi connectivity index (χ1v) is 8.95. The predicted molar refractivity (Wildman–Crippen MR) is 94.9 cm³/mol. The van der Waals surface area contributed by atoms with Crippen LogP contribution in [0.4, 0.5) is 13.2 Å². The lowest BCUT2D eigenvalue weighted by atomic mass is 9.87. The van der Waals surface area contributed by atoms with Crippen LogP contribution < -0.4 is 0 Å². The third kappa shape index (κ3) is 3.74. The number of nitrogens with zero attached hydrogens (tertiary/aromatic N) is 2. The van der Waals surface area contributed by atoms with Crippen LogP contribution in [0, 0.1) is 0 Å². The Hall–Kier alpha value is -1.60. The van der Waals surface area contributed by atoms with Gasteiger partial charge in [0.2, 0.25) is 5.60 Å². The molecule has 0 amide bonds. The van der Waals surface area contributed by atoms with E-state index in [1.165, 1.54) is 24.3 Å². The van der Waals surface area contributed by atoms with Crippen molar-refractivity contribution in [1.82, 2.24) is 5.01 Å². The topological polar surface area (TPSA) is 45.1 Å². The summed E-state index contributed by atoms with van der Waals surface area (Å²) in [4.78, 5) is 0. The van der Waals surface area contributed by atoms with Crippen molar-refractivity contribution >= 4 is 6.21 Å². The minimum atomic E-state index is -4.87. The molecular weight excluding hydrogens is 345 g/mol. The smallest absolute Gasteiger partial charge is 0.376 e. The Kier molecular flexibility index (Phi) is 6.34. The van der Waals surface area contributed by atoms with Gasteiger partial charge in [-0.3, -0.25) is 5.01 Å². The Bertz CT molecular complexity index is 594. The number of hydrogen-bond donors (Lipinski definition) is 1. The molecule has 0 radical (unpaired) electrons. The molecule has 26 heavy (non-hydrogen) atoms. The largest absolute Gasteiger partial charge is 0.426 e. The summed E-state index contributed by atoms with van der Waals surface area (Å²) in [6.07, 6.45) is -1.17. The van der Waals surface area contributed by atoms with E-state index < -0.39 is 17.4 Å². The van der Waals surface area contributed by atoms with Crippen molar-refractivity contribution < 1.29 is 23.0 Å². The van der Waals surface area contributed by atoms with Gasteiger partial charge in [-0.05, 0) is 31.2 Å². The third-order valence-corrected chi connectivity index (χ3v) is 5.47. The second-order valence-corrected chi connectivity index (χ2v) is 6.67. The summed E-state index contributed by atoms with van der Waals surface area (Å²) in [5, 5.41) is 16.1. The number of hydrogen-bond acceptors (Lipinski definition) is 4. The van der Waals surface area contributed by atoms with E-state index in [1.54, 1.807) is 18.2 Å². The third-order valence-electron chi connectivity index (χ3n) is 5.47. The summed E-state index contributed by atoms with van der Waals surface area (Å²) in [6, 6.07) is 6.90. The zero-order valence-corrected chi connectivity index (χ0v) is 15.5. The lowest BCUT2D eigenvalue weighted by Gasteiger charge is -2.40. The average Bonchev–Trinajstić information content (AvgIpc) is 3.11. The minimum Gasteiger partial charge on any atom is -0.376 e. The fourth-order valence-electron chi connectivity index (χ4n) is 3.73. The lowest BCUT2D eigenvalue weighted by Crippen LogP contribution is -2.49. The van der Waals surface area contributed by atoms with E-state index in [4.69, 9.17) is 4.74 Å². The fourth-order valence-corrected chi connectivity index (χ4v) is 3.73. The van der Waals surface area contributed by atoms with Crippen LogP contribution in [-0.2, 0) is 10.3 Å². The molecule has 0 aromatic heterocycles. The molecule has 146 valence electrons. The SMILES string of the molecule is CCC(CC)(OC)[C@@H]1CCCN1/N=C/[C@](O)(c1ccccc1)C(F)(F)F. The molecule has 0 spiro atoms. The van der Waals surface area contributed by atoms with Gasteiger partial charge < -0.3 is 9.84 Å². The zero-order valence-electron chi connectivity index (χ0n) is 15.5. The van der Waals surface area contributed by atoms with E-state index in [0.29, 0.717) is 12.8 Å². The predicted octanol–water partition coefficient (Wildman–Crippen LogP) is 4.09. The van der Waals surface area contributed by atoms with Crippen molar-refractivity contribution in [3.8, 4) is 0 Å². The van der Waals surface area contributed by atoms with Crippen molar-refractivity contribution in [3.63, 3.8) is 0 Å². The van der Waals surface area contributed by atoms with Crippen LogP contribution in [0.15, 0.2) is 35.4 Å². The van der Waals surface area contributed by atoms with Gasteiger partial charge >= 0.3 is 6.18 Å². The molecule has 1 N–H and O–H groups in total. The minimum absolute atomic E-state index is 0.119. The van der Waals surface area contributed by atoms with Crippen molar-refractivity contribution in [2.45, 2.75) is 63.0 Å². The maximum absolute atomic E-state index is 13.6. The summed E-state index contributed by atoms with van der Waals surface area (Å²) in [5.74, 6) is 0. The highest BCUT2D eigenvalue weighted by atomic mass is 19.4. The quantitative estimate of drug-likeness (QED) is 0.733. The van der Waals surface area contributed by atoms with Crippen LogP contribution in [0.1, 0.15) is 45.1 Å². The van der Waals surface area contributed by atoms with Crippen LogP contribution in [-0.4, -0.2) is 47.8 Å². The maximum Gasteiger partial charge on any atom is 0.426 e. The van der Waals surface area contributed by atoms with E-state index in [-0.39, 0.29) is 11.6 Å². The van der Waals surface area contributed by atoms with Crippen molar-refractivity contribution in [2.75, 3.05) is 13.7 Å². The molecule has 1 heterocycles. The summed E-state index contributed by atoms with van der Waals surface area (Å²) >= 11 is 0. The average molecular weight is 372 g/mol. The molecule has 2 rings (SSSR count). The molecule has 4 nitrogen and oxygen atoms in total. The highest BCUT2D eigenvalue weighted by molar-refractivity contribution is 5.72. The van der Waals surface area contributed by atoms with Gasteiger partial charge in [0.15, 0.2) is 0 Å². The second kappa shape index (κ2) is 7.96. The molecule has 1 aliphatic rings. The molecule has 1 saturated heterocycles. The molecule has 1 fully saturated rings. The van der Waals surface area contributed by atoms with Crippen molar-refractivity contribution in [3.05, 3.63) is 35.9 Å². The monoisotopic (exact) mass is 372 g/mol. The zero-order chi connectivity index (χ0) is 19.4. The highest BCUT2D eigenvalue weighted by Gasteiger charge is 2.54. The van der Waals surface area contributed by atoms with Gasteiger partial charge in [-0.25, -0.2) is 0 Å². The van der Waals surface area contributed by atoms with Gasteiger partial charge in [0.25, 0.3) is 0 Å². The van der Waals surface area contributed by atoms with Crippen molar-refractivity contribution in [2.24, 2.45) is 5.10 Å². The summed E-state index contributed by atoms with van der Waals surface area (Å²) < 4.78 is 46.6. The number of rotatable bonds is 7. The number of ether oxygens (including phenoxy) is 1. The maximum atomic E-state index is 13.6. The summed E-state index contributed by atoms with van der Waals surface area (Å²) in [5.41, 5.74) is -3.84. The summed E-state index contributed by atoms with van der Waals surface area (Å²) in [6.45, 7) is 4.54. The van der Waals surface area contributed by atoms with Gasteiger partial charge in [0.05, 0.1) is 17.9 Å². The van der Waals surface area contributed by atoms with Gasteiger partial charge in [-0.1, -0.05) is 44.2 Å². The standard InChI is InChI=1S/C19H27F3N2O2/c1-4-17(5-2,26-3)16-12-9-13-24(16)23-14-18(25,19(20,21)22)15-10-7-6-8-11-15/h6-8,10-11,14,16,25H,4-5,9,12-13H2,1-3H3/b23-14+/t16-,18-/m0/s1. The molecule has 7 heteroatoms. The Morgan fingerprint density at radius 3 is 2.35 bits per heavy atom. The number of benzene rings is 1. The van der Waals surface area contributed by atoms with E-state index in [1.807, 2.05) is 13.8 Å². The molecule has 0 bridgehead atoms. The molecule has 0 aliphatic carbocycles. The first-order valence-electron chi connectivity index (χ1n) is 8.95. The van der Waals surface area contributed by atoms with Crippen LogP contribution in [0.2, 0.25) is 0 Å². The Morgan fingerprint density at radius 1 is 1.23 bits per heavy atom. The van der Waals surface area contributed by atoms with Crippen LogP contribution in [0.25, 0.3) is 0 Å². The number of methoxy groups -OCH3 is 1. The molecule has 0 saturated carbocycles. The molecule has 1 aromatic rings. The molecule has 2 atom stereocenters. The van der Waals surface area contributed by atoms with Gasteiger partial charge in [-0.2, -0.15) is 18.3 Å². The Balaban J connectivity index is 2.35. The van der Waals surface area contributed by atoms with Gasteiger partial charge in [-0.15, -0.1) is 0 Å². The molecule has 1 aromatic carbocycles. The fraction of sp³-hybridized carbons (Fsp3) is 0.632. The number of hydrazone groups is 1. The number of halogens is 3. The highest BCUT2D eigenvalue weighted by Crippen LogP contribution is 2.39. The van der Waals surface area contributed by atoms with E-state index >= 15 is 0 Å². The Labute approximate surface area is 152 Å². The first-order chi connectivity index (χ1) is 12.2. The lowest BCUT2D eigenvalue weighted by molar-refractivity contribution is -0.234. The van der Waals surface area contributed by atoms with Crippen LogP contribution in [0.3, 0.4) is 0 Å². The van der Waals surface area contributed by atoms with Crippen LogP contribution >= 0.6 is 0 Å². The van der Waals surface area contributed by atoms with E-state index in [9.17, 15) is 18.3 Å². The normalized spacial score (nSPS) is 21.3. The molecule has 1 aliphatic heterocycles. The second-order valence-electron chi connectivity index (χ2n) is 6.67.